The molecule has 1 aliphatic heterocycles. The number of esters is 1. The molecule has 3 aromatic rings. The Morgan fingerprint density at radius 1 is 1.23 bits per heavy atom. The van der Waals surface area contributed by atoms with E-state index in [1.165, 1.54) is 17.7 Å². The van der Waals surface area contributed by atoms with Crippen LogP contribution in [0.2, 0.25) is 0 Å². The van der Waals surface area contributed by atoms with Crippen molar-refractivity contribution >= 4 is 34.3 Å². The van der Waals surface area contributed by atoms with Crippen molar-refractivity contribution in [1.29, 1.82) is 0 Å². The number of fused-ring (bicyclic) bond motifs is 1. The zero-order chi connectivity index (χ0) is 21.1. The molecule has 2 aromatic heterocycles. The van der Waals surface area contributed by atoms with Crippen LogP contribution >= 0.6 is 11.3 Å². The summed E-state index contributed by atoms with van der Waals surface area (Å²) in [6.07, 6.45) is 3.03. The van der Waals surface area contributed by atoms with Crippen molar-refractivity contribution in [3.63, 3.8) is 0 Å². The Kier molecular flexibility index (Phi) is 5.57. The topological polar surface area (TPSA) is 102 Å². The lowest BCUT2D eigenvalue weighted by molar-refractivity contribution is -0.139. The van der Waals surface area contributed by atoms with Crippen LogP contribution in [-0.2, 0) is 14.3 Å². The van der Waals surface area contributed by atoms with E-state index < -0.39 is 12.0 Å². The standard InChI is InChI=1S/C20H20N6O3S/c1-3-29-18(28)16-13(2)25(11-15(27)24-19-21-9-10-30-19)20-22-12-23-26(20)17(16)14-7-5-4-6-8-14/h4-10,12,17H,3,11H2,1-2H3,(H,21,24,27)/t17-/m1/s1. The number of thiazole rings is 1. The molecule has 4 rings (SSSR count). The second-order valence-electron chi connectivity index (χ2n) is 6.51. The first kappa shape index (κ1) is 19.8. The van der Waals surface area contributed by atoms with Crippen molar-refractivity contribution in [2.45, 2.75) is 19.9 Å². The quantitative estimate of drug-likeness (QED) is 0.607. The second kappa shape index (κ2) is 8.46. The van der Waals surface area contributed by atoms with E-state index in [9.17, 15) is 9.59 Å². The van der Waals surface area contributed by atoms with Crippen molar-refractivity contribution < 1.29 is 14.3 Å². The predicted molar refractivity (Wildman–Crippen MR) is 112 cm³/mol. The monoisotopic (exact) mass is 424 g/mol. The Labute approximate surface area is 177 Å². The number of allylic oxidation sites excluding steroid dienone is 1. The van der Waals surface area contributed by atoms with Gasteiger partial charge in [0.25, 0.3) is 0 Å². The Bertz CT molecular complexity index is 1080. The van der Waals surface area contributed by atoms with E-state index in [1.54, 1.807) is 35.0 Å². The first-order valence-electron chi connectivity index (χ1n) is 9.39. The molecule has 0 bridgehead atoms. The van der Waals surface area contributed by atoms with Gasteiger partial charge in [0.15, 0.2) is 5.13 Å². The van der Waals surface area contributed by atoms with Crippen LogP contribution in [0.3, 0.4) is 0 Å². The molecule has 0 unspecified atom stereocenters. The summed E-state index contributed by atoms with van der Waals surface area (Å²) >= 11 is 1.33. The van der Waals surface area contributed by atoms with E-state index in [4.69, 9.17) is 4.74 Å². The van der Waals surface area contributed by atoms with E-state index in [0.29, 0.717) is 22.4 Å². The fraction of sp³-hybridized carbons (Fsp3) is 0.250. The average molecular weight is 424 g/mol. The van der Waals surface area contributed by atoms with Crippen LogP contribution in [0.1, 0.15) is 25.5 Å². The summed E-state index contributed by atoms with van der Waals surface area (Å²) in [5, 5.41) is 9.40. The first-order chi connectivity index (χ1) is 14.6. The number of hydrogen-bond acceptors (Lipinski definition) is 8. The molecule has 1 amide bonds. The van der Waals surface area contributed by atoms with Crippen molar-refractivity contribution in [2.24, 2.45) is 0 Å². The Morgan fingerprint density at radius 3 is 2.73 bits per heavy atom. The molecule has 1 aliphatic rings. The molecular formula is C20H20N6O3S. The maximum Gasteiger partial charge on any atom is 0.338 e. The third-order valence-corrected chi connectivity index (χ3v) is 5.39. The summed E-state index contributed by atoms with van der Waals surface area (Å²) in [6.45, 7) is 3.74. The minimum Gasteiger partial charge on any atom is -0.463 e. The molecule has 0 saturated heterocycles. The first-order valence-corrected chi connectivity index (χ1v) is 10.3. The Balaban J connectivity index is 1.75. The summed E-state index contributed by atoms with van der Waals surface area (Å²) in [5.41, 5.74) is 1.89. The van der Waals surface area contributed by atoms with Gasteiger partial charge in [0.05, 0.1) is 12.2 Å². The zero-order valence-electron chi connectivity index (χ0n) is 16.5. The number of carbonyl (C=O) groups is 2. The van der Waals surface area contributed by atoms with Gasteiger partial charge in [0, 0.05) is 17.3 Å². The molecule has 30 heavy (non-hydrogen) atoms. The highest BCUT2D eigenvalue weighted by Gasteiger charge is 2.38. The summed E-state index contributed by atoms with van der Waals surface area (Å²) < 4.78 is 6.98. The molecule has 0 spiro atoms. The summed E-state index contributed by atoms with van der Waals surface area (Å²) in [6, 6.07) is 9.06. The van der Waals surface area contributed by atoms with Gasteiger partial charge in [-0.1, -0.05) is 30.3 Å². The van der Waals surface area contributed by atoms with Crippen molar-refractivity contribution in [1.82, 2.24) is 19.7 Å². The molecule has 0 aliphatic carbocycles. The molecular weight excluding hydrogens is 404 g/mol. The number of anilines is 2. The number of aromatic nitrogens is 4. The molecule has 1 aromatic carbocycles. The van der Waals surface area contributed by atoms with Crippen LogP contribution < -0.4 is 10.2 Å². The van der Waals surface area contributed by atoms with Crippen molar-refractivity contribution in [3.05, 3.63) is 65.1 Å². The minimum atomic E-state index is -0.499. The van der Waals surface area contributed by atoms with Gasteiger partial charge >= 0.3 is 5.97 Å². The number of nitrogens with zero attached hydrogens (tertiary/aromatic N) is 5. The van der Waals surface area contributed by atoms with Crippen LogP contribution in [0.15, 0.2) is 59.5 Å². The minimum absolute atomic E-state index is 0.0471. The predicted octanol–water partition coefficient (Wildman–Crippen LogP) is 2.62. The van der Waals surface area contributed by atoms with Gasteiger partial charge in [-0.05, 0) is 19.4 Å². The van der Waals surface area contributed by atoms with Crippen molar-refractivity contribution in [3.8, 4) is 0 Å². The van der Waals surface area contributed by atoms with Gasteiger partial charge in [-0.3, -0.25) is 4.79 Å². The van der Waals surface area contributed by atoms with Gasteiger partial charge in [-0.25, -0.2) is 14.5 Å². The van der Waals surface area contributed by atoms with Gasteiger partial charge in [0.2, 0.25) is 11.9 Å². The highest BCUT2D eigenvalue weighted by molar-refractivity contribution is 7.13. The molecule has 0 radical (unpaired) electrons. The fourth-order valence-electron chi connectivity index (χ4n) is 3.42. The van der Waals surface area contributed by atoms with Crippen LogP contribution in [0.25, 0.3) is 0 Å². The highest BCUT2D eigenvalue weighted by Crippen LogP contribution is 2.38. The zero-order valence-corrected chi connectivity index (χ0v) is 17.3. The maximum absolute atomic E-state index is 12.9. The van der Waals surface area contributed by atoms with E-state index in [0.717, 1.165) is 5.56 Å². The fourth-order valence-corrected chi connectivity index (χ4v) is 3.97. The number of carbonyl (C=O) groups excluding carboxylic acids is 2. The number of hydrogen-bond donors (Lipinski definition) is 1. The molecule has 1 N–H and O–H groups in total. The molecule has 154 valence electrons. The largest absolute Gasteiger partial charge is 0.463 e. The molecule has 10 heteroatoms. The number of ether oxygens (including phenoxy) is 1. The second-order valence-corrected chi connectivity index (χ2v) is 7.40. The summed E-state index contributed by atoms with van der Waals surface area (Å²) in [7, 11) is 0. The van der Waals surface area contributed by atoms with Crippen LogP contribution in [-0.4, -0.2) is 44.8 Å². The van der Waals surface area contributed by atoms with E-state index in [1.807, 2.05) is 30.3 Å². The maximum atomic E-state index is 12.9. The lowest BCUT2D eigenvalue weighted by atomic mass is 9.95. The van der Waals surface area contributed by atoms with Crippen LogP contribution in [0, 0.1) is 0 Å². The molecule has 9 nitrogen and oxygen atoms in total. The van der Waals surface area contributed by atoms with E-state index in [2.05, 4.69) is 20.4 Å². The number of nitrogens with one attached hydrogen (secondary N) is 1. The van der Waals surface area contributed by atoms with Gasteiger partial charge in [-0.2, -0.15) is 10.1 Å². The van der Waals surface area contributed by atoms with Gasteiger partial charge < -0.3 is 15.0 Å². The highest BCUT2D eigenvalue weighted by atomic mass is 32.1. The van der Waals surface area contributed by atoms with Crippen LogP contribution in [0.4, 0.5) is 11.1 Å². The lowest BCUT2D eigenvalue weighted by Crippen LogP contribution is -2.40. The normalized spacial score (nSPS) is 15.7. The van der Waals surface area contributed by atoms with Crippen molar-refractivity contribution in [2.75, 3.05) is 23.4 Å². The molecule has 1 atom stereocenters. The van der Waals surface area contributed by atoms with Gasteiger partial charge in [-0.15, -0.1) is 11.3 Å². The average Bonchev–Trinajstić information content (AvgIpc) is 3.42. The molecule has 3 heterocycles. The lowest BCUT2D eigenvalue weighted by Gasteiger charge is -2.34. The molecule has 0 saturated carbocycles. The SMILES string of the molecule is CCOC(=O)C1=C(C)N(CC(=O)Nc2nccs2)c2ncnn2[C@@H]1c1ccccc1. The smallest absolute Gasteiger partial charge is 0.338 e. The van der Waals surface area contributed by atoms with E-state index >= 15 is 0 Å². The van der Waals surface area contributed by atoms with Gasteiger partial charge in [0.1, 0.15) is 18.9 Å². The third-order valence-electron chi connectivity index (χ3n) is 4.70. The summed E-state index contributed by atoms with van der Waals surface area (Å²) in [4.78, 5) is 35.7. The number of amides is 1. The number of benzene rings is 1. The molecule has 0 fully saturated rings. The number of rotatable bonds is 6. The summed E-state index contributed by atoms with van der Waals surface area (Å²) in [5.74, 6) is -0.251. The Morgan fingerprint density at radius 2 is 2.03 bits per heavy atom. The van der Waals surface area contributed by atoms with E-state index in [-0.39, 0.29) is 19.1 Å². The third kappa shape index (κ3) is 3.69. The van der Waals surface area contributed by atoms with Crippen LogP contribution in [0.5, 0.6) is 0 Å². The Hall–Kier alpha value is -3.53.